The molecule has 1 radical (unpaired) electrons. The maximum absolute atomic E-state index is 11.6. The normalized spacial score (nSPS) is 21.2. The van der Waals surface area contributed by atoms with Crippen molar-refractivity contribution in [3.63, 3.8) is 0 Å². The number of rotatable bonds is 0. The van der Waals surface area contributed by atoms with Crippen LogP contribution >= 0.6 is 11.9 Å². The van der Waals surface area contributed by atoms with Crippen molar-refractivity contribution in [1.29, 1.82) is 0 Å². The summed E-state index contributed by atoms with van der Waals surface area (Å²) in [5.74, 6) is 0. The third-order valence-corrected chi connectivity index (χ3v) is 1.45. The van der Waals surface area contributed by atoms with Gasteiger partial charge in [0.05, 0.1) is 0 Å². The van der Waals surface area contributed by atoms with Gasteiger partial charge in [-0.3, -0.25) is 4.99 Å². The van der Waals surface area contributed by atoms with E-state index >= 15 is 0 Å². The monoisotopic (exact) mass is 155 g/mol. The van der Waals surface area contributed by atoms with Crippen LogP contribution in [0.5, 0.6) is 0 Å². The van der Waals surface area contributed by atoms with Gasteiger partial charge in [-0.1, -0.05) is 0 Å². The summed E-state index contributed by atoms with van der Waals surface area (Å²) < 4.78 is 34.9. The van der Waals surface area contributed by atoms with Gasteiger partial charge in [0.2, 0.25) is 0 Å². The van der Waals surface area contributed by atoms with E-state index in [0.717, 1.165) is 0 Å². The third kappa shape index (κ3) is 1.59. The molecule has 0 N–H and O–H groups in total. The minimum absolute atomic E-state index is 0.188. The molecule has 1 heterocycles. The van der Waals surface area contributed by atoms with Crippen molar-refractivity contribution in [2.75, 3.05) is 6.67 Å². The molecule has 0 aliphatic carbocycles. The molecule has 0 amide bonds. The van der Waals surface area contributed by atoms with Gasteiger partial charge >= 0.3 is 6.30 Å². The molecular formula is C3H2F3N2S. The zero-order valence-electron chi connectivity index (χ0n) is 4.14. The van der Waals surface area contributed by atoms with Crippen molar-refractivity contribution in [3.05, 3.63) is 0 Å². The summed E-state index contributed by atoms with van der Waals surface area (Å²) in [5.41, 5.74) is 2.13. The lowest BCUT2D eigenvalue weighted by Gasteiger charge is -2.14. The van der Waals surface area contributed by atoms with E-state index in [9.17, 15) is 13.2 Å². The molecule has 0 atom stereocenters. The highest BCUT2D eigenvalue weighted by Crippen LogP contribution is 2.29. The topological polar surface area (TPSA) is 15.6 Å². The molecule has 1 aliphatic rings. The van der Waals surface area contributed by atoms with E-state index in [1.54, 1.807) is 0 Å². The summed E-state index contributed by atoms with van der Waals surface area (Å²) >= 11 is 0.441. The predicted molar refractivity (Wildman–Crippen MR) is 27.8 cm³/mol. The maximum Gasteiger partial charge on any atom is 0.471 e. The van der Waals surface area contributed by atoms with Crippen molar-refractivity contribution < 1.29 is 13.2 Å². The number of alkyl halides is 3. The van der Waals surface area contributed by atoms with Gasteiger partial charge in [0.25, 0.3) is 0 Å². The lowest BCUT2D eigenvalue weighted by molar-refractivity contribution is -0.204. The average Bonchev–Trinajstić information content (AvgIpc) is 2.08. The first-order valence-corrected chi connectivity index (χ1v) is 2.81. The number of halogens is 3. The number of hydrogen-bond acceptors (Lipinski definition) is 3. The highest BCUT2D eigenvalue weighted by molar-refractivity contribution is 8.10. The molecular weight excluding hydrogens is 153 g/mol. The summed E-state index contributed by atoms with van der Waals surface area (Å²) in [6.45, 7) is -0.339. The molecule has 1 aliphatic heterocycles. The maximum atomic E-state index is 11.6. The molecule has 51 valence electrons. The van der Waals surface area contributed by atoms with Gasteiger partial charge in [-0.2, -0.15) is 13.2 Å². The van der Waals surface area contributed by atoms with E-state index in [4.69, 9.17) is 0 Å². The van der Waals surface area contributed by atoms with Crippen LogP contribution in [0.15, 0.2) is 4.99 Å². The molecule has 1 rings (SSSR count). The van der Waals surface area contributed by atoms with E-state index in [-0.39, 0.29) is 11.0 Å². The predicted octanol–water partition coefficient (Wildman–Crippen LogP) is 1.33. The van der Waals surface area contributed by atoms with Crippen LogP contribution in [0, 0.1) is 0 Å². The summed E-state index contributed by atoms with van der Waals surface area (Å²) in [6, 6.07) is 0. The number of aliphatic imine (C=N–C) groups is 1. The van der Waals surface area contributed by atoms with Crippen molar-refractivity contribution >= 4 is 17.5 Å². The Bertz CT molecular complexity index is 124. The van der Waals surface area contributed by atoms with Gasteiger partial charge in [-0.25, -0.2) is 0 Å². The highest BCUT2D eigenvalue weighted by atomic mass is 32.2. The second-order valence-corrected chi connectivity index (χ2v) is 2.13. The van der Waals surface area contributed by atoms with E-state index in [1.165, 1.54) is 0 Å². The SMILES string of the molecule is FC(F)(F)N1CN=[C]S1. The van der Waals surface area contributed by atoms with Crippen molar-refractivity contribution in [2.24, 2.45) is 4.99 Å². The summed E-state index contributed by atoms with van der Waals surface area (Å²) in [7, 11) is 0. The minimum Gasteiger partial charge on any atom is -0.257 e. The number of nitrogens with zero attached hydrogens (tertiary/aromatic N) is 2. The van der Waals surface area contributed by atoms with Crippen LogP contribution in [0.25, 0.3) is 0 Å². The van der Waals surface area contributed by atoms with E-state index in [1.807, 2.05) is 0 Å². The molecule has 0 saturated heterocycles. The Morgan fingerprint density at radius 3 is 2.44 bits per heavy atom. The first kappa shape index (κ1) is 6.88. The quantitative estimate of drug-likeness (QED) is 0.387. The Morgan fingerprint density at radius 1 is 1.56 bits per heavy atom. The van der Waals surface area contributed by atoms with Crippen LogP contribution in [-0.2, 0) is 0 Å². The van der Waals surface area contributed by atoms with E-state index < -0.39 is 6.30 Å². The summed E-state index contributed by atoms with van der Waals surface area (Å²) in [5, 5.41) is 0. The second-order valence-electron chi connectivity index (χ2n) is 1.33. The molecule has 9 heavy (non-hydrogen) atoms. The van der Waals surface area contributed by atoms with Gasteiger partial charge in [0, 0.05) is 0 Å². The fourth-order valence-electron chi connectivity index (χ4n) is 0.332. The van der Waals surface area contributed by atoms with E-state index in [2.05, 4.69) is 10.5 Å². The molecule has 0 aromatic rings. The summed E-state index contributed by atoms with van der Waals surface area (Å²) in [4.78, 5) is 3.25. The molecule has 6 heteroatoms. The van der Waals surface area contributed by atoms with Gasteiger partial charge in [0.1, 0.15) is 12.2 Å². The molecule has 0 saturated carbocycles. The largest absolute Gasteiger partial charge is 0.471 e. The van der Waals surface area contributed by atoms with Crippen LogP contribution in [0.3, 0.4) is 0 Å². The minimum atomic E-state index is -4.28. The Balaban J connectivity index is 2.46. The smallest absolute Gasteiger partial charge is 0.257 e. The van der Waals surface area contributed by atoms with Gasteiger partial charge in [-0.15, -0.1) is 4.31 Å². The van der Waals surface area contributed by atoms with Crippen LogP contribution in [0.2, 0.25) is 0 Å². The van der Waals surface area contributed by atoms with Crippen molar-refractivity contribution in [3.8, 4) is 0 Å². The third-order valence-electron chi connectivity index (χ3n) is 0.698. The zero-order valence-corrected chi connectivity index (χ0v) is 4.96. The van der Waals surface area contributed by atoms with Crippen LogP contribution in [0.4, 0.5) is 13.2 Å². The van der Waals surface area contributed by atoms with Crippen LogP contribution < -0.4 is 0 Å². The molecule has 2 nitrogen and oxygen atoms in total. The molecule has 0 bridgehead atoms. The lowest BCUT2D eigenvalue weighted by atomic mass is 11.0. The Hall–Kier alpha value is -0.230. The molecule has 0 aromatic heterocycles. The zero-order chi connectivity index (χ0) is 6.91. The lowest BCUT2D eigenvalue weighted by Crippen LogP contribution is -2.29. The van der Waals surface area contributed by atoms with Gasteiger partial charge < -0.3 is 0 Å². The van der Waals surface area contributed by atoms with Crippen molar-refractivity contribution in [2.45, 2.75) is 6.30 Å². The van der Waals surface area contributed by atoms with Crippen molar-refractivity contribution in [1.82, 2.24) is 4.31 Å². The first-order chi connectivity index (χ1) is 4.11. The van der Waals surface area contributed by atoms with Crippen LogP contribution in [-0.4, -0.2) is 22.8 Å². The molecule has 0 unspecified atom stereocenters. The van der Waals surface area contributed by atoms with Crippen LogP contribution in [0.1, 0.15) is 0 Å². The van der Waals surface area contributed by atoms with E-state index in [0.29, 0.717) is 11.9 Å². The second kappa shape index (κ2) is 2.18. The molecule has 0 fully saturated rings. The Morgan fingerprint density at radius 2 is 2.22 bits per heavy atom. The Kier molecular flexibility index (Phi) is 1.67. The molecule has 0 aromatic carbocycles. The van der Waals surface area contributed by atoms with Gasteiger partial charge in [-0.05, 0) is 11.9 Å². The number of hydrogen-bond donors (Lipinski definition) is 0. The first-order valence-electron chi connectivity index (χ1n) is 2.03. The fourth-order valence-corrected chi connectivity index (χ4v) is 0.765. The van der Waals surface area contributed by atoms with Gasteiger partial charge in [0.15, 0.2) is 0 Å². The average molecular weight is 155 g/mol. The molecule has 0 spiro atoms. The fraction of sp³-hybridized carbons (Fsp3) is 0.667. The highest BCUT2D eigenvalue weighted by Gasteiger charge is 2.39. The Labute approximate surface area is 53.9 Å². The summed E-state index contributed by atoms with van der Waals surface area (Å²) in [6.07, 6.45) is -4.28. The standard InChI is InChI=1S/C3H2F3N2S/c4-3(5,6)8-1-7-2-9-8/h1H2.